The van der Waals surface area contributed by atoms with Crippen LogP contribution in [0.25, 0.3) is 0 Å². The molecule has 0 saturated heterocycles. The third-order valence-corrected chi connectivity index (χ3v) is 3.21. The van der Waals surface area contributed by atoms with Gasteiger partial charge >= 0.3 is 0 Å². The van der Waals surface area contributed by atoms with E-state index in [-0.39, 0.29) is 24.5 Å². The average Bonchev–Trinajstić information content (AvgIpc) is 2.53. The minimum Gasteiger partial charge on any atom is -0.496 e. The van der Waals surface area contributed by atoms with Gasteiger partial charge in [0.2, 0.25) is 5.91 Å². The zero-order chi connectivity index (χ0) is 15.9. The number of Topliss-reactive ketones (excluding diaryl/α,β-unsaturated/α-hetero) is 1. The van der Waals surface area contributed by atoms with Crippen molar-refractivity contribution in [2.45, 2.75) is 12.8 Å². The molecule has 5 nitrogen and oxygen atoms in total. The van der Waals surface area contributed by atoms with E-state index < -0.39 is 0 Å². The summed E-state index contributed by atoms with van der Waals surface area (Å²) >= 11 is 5.89. The monoisotopic (exact) mass is 318 g/mol. The summed E-state index contributed by atoms with van der Waals surface area (Å²) in [5.74, 6) is 0.434. The second-order valence-electron chi connectivity index (χ2n) is 4.53. The fourth-order valence-corrected chi connectivity index (χ4v) is 2.07. The Morgan fingerprint density at radius 1 is 1.23 bits per heavy atom. The SMILES string of the molecule is COc1ccc(Cl)cc1C(=O)CCC(=O)Nc1ccccn1. The van der Waals surface area contributed by atoms with E-state index in [4.69, 9.17) is 16.3 Å². The standard InChI is InChI=1S/C16H15ClN2O3/c1-22-14-7-5-11(17)10-12(14)13(20)6-8-16(21)19-15-4-2-3-9-18-15/h2-5,7,9-10H,6,8H2,1H3,(H,18,19,21). The number of methoxy groups -OCH3 is 1. The summed E-state index contributed by atoms with van der Waals surface area (Å²) in [5.41, 5.74) is 0.376. The quantitative estimate of drug-likeness (QED) is 0.829. The van der Waals surface area contributed by atoms with Crippen LogP contribution in [0.4, 0.5) is 5.82 Å². The van der Waals surface area contributed by atoms with Crippen molar-refractivity contribution < 1.29 is 14.3 Å². The summed E-state index contributed by atoms with van der Waals surface area (Å²) in [4.78, 5) is 28.0. The molecule has 0 spiro atoms. The molecule has 22 heavy (non-hydrogen) atoms. The second kappa shape index (κ2) is 7.56. The second-order valence-corrected chi connectivity index (χ2v) is 4.97. The molecule has 1 heterocycles. The Labute approximate surface area is 133 Å². The molecule has 2 rings (SSSR count). The highest BCUT2D eigenvalue weighted by Crippen LogP contribution is 2.24. The lowest BCUT2D eigenvalue weighted by atomic mass is 10.1. The number of anilines is 1. The zero-order valence-electron chi connectivity index (χ0n) is 12.0. The number of rotatable bonds is 6. The van der Waals surface area contributed by atoms with Gasteiger partial charge in [0.25, 0.3) is 0 Å². The summed E-state index contributed by atoms with van der Waals surface area (Å²) in [6.45, 7) is 0. The Kier molecular flexibility index (Phi) is 5.49. The Bertz CT molecular complexity index is 674. The fourth-order valence-electron chi connectivity index (χ4n) is 1.90. The lowest BCUT2D eigenvalue weighted by molar-refractivity contribution is -0.116. The first-order chi connectivity index (χ1) is 10.6. The zero-order valence-corrected chi connectivity index (χ0v) is 12.8. The van der Waals surface area contributed by atoms with E-state index in [2.05, 4.69) is 10.3 Å². The van der Waals surface area contributed by atoms with Crippen molar-refractivity contribution in [1.82, 2.24) is 4.98 Å². The van der Waals surface area contributed by atoms with Crippen molar-refractivity contribution in [3.8, 4) is 5.75 Å². The number of carbonyl (C=O) groups excluding carboxylic acids is 2. The molecule has 0 saturated carbocycles. The van der Waals surface area contributed by atoms with Crippen molar-refractivity contribution in [2.75, 3.05) is 12.4 Å². The van der Waals surface area contributed by atoms with Gasteiger partial charge in [0.1, 0.15) is 11.6 Å². The average molecular weight is 319 g/mol. The third-order valence-electron chi connectivity index (χ3n) is 2.97. The predicted molar refractivity (Wildman–Crippen MR) is 84.4 cm³/mol. The maximum Gasteiger partial charge on any atom is 0.225 e. The van der Waals surface area contributed by atoms with Gasteiger partial charge in [0, 0.05) is 24.1 Å². The van der Waals surface area contributed by atoms with Crippen LogP contribution in [0, 0.1) is 0 Å². The van der Waals surface area contributed by atoms with E-state index in [0.29, 0.717) is 22.2 Å². The Morgan fingerprint density at radius 2 is 2.05 bits per heavy atom. The minimum atomic E-state index is -0.270. The highest BCUT2D eigenvalue weighted by Gasteiger charge is 2.14. The number of halogens is 1. The Balaban J connectivity index is 1.95. The summed E-state index contributed by atoms with van der Waals surface area (Å²) in [6, 6.07) is 10.0. The number of ether oxygens (including phenoxy) is 1. The summed E-state index contributed by atoms with van der Waals surface area (Å²) in [7, 11) is 1.48. The minimum absolute atomic E-state index is 0.0606. The molecule has 0 unspecified atom stereocenters. The van der Waals surface area contributed by atoms with Crippen LogP contribution < -0.4 is 10.1 Å². The topological polar surface area (TPSA) is 68.3 Å². The summed E-state index contributed by atoms with van der Waals surface area (Å²) in [5, 5.41) is 3.08. The molecule has 0 radical (unpaired) electrons. The number of nitrogens with one attached hydrogen (secondary N) is 1. The van der Waals surface area contributed by atoms with E-state index in [1.807, 2.05) is 0 Å². The van der Waals surface area contributed by atoms with Crippen LogP contribution in [0.15, 0.2) is 42.6 Å². The highest BCUT2D eigenvalue weighted by atomic mass is 35.5. The van der Waals surface area contributed by atoms with Crippen LogP contribution in [-0.2, 0) is 4.79 Å². The molecule has 6 heteroatoms. The molecule has 1 amide bonds. The molecular formula is C16H15ClN2O3. The van der Waals surface area contributed by atoms with Gasteiger partial charge in [-0.25, -0.2) is 4.98 Å². The number of benzene rings is 1. The van der Waals surface area contributed by atoms with Gasteiger partial charge in [-0.15, -0.1) is 0 Å². The van der Waals surface area contributed by atoms with E-state index in [1.54, 1.807) is 42.6 Å². The summed E-state index contributed by atoms with van der Waals surface area (Å²) in [6.07, 6.45) is 1.71. The number of nitrogens with zero attached hydrogens (tertiary/aromatic N) is 1. The van der Waals surface area contributed by atoms with Crippen molar-refractivity contribution in [2.24, 2.45) is 0 Å². The van der Waals surface area contributed by atoms with Crippen LogP contribution in [0.1, 0.15) is 23.2 Å². The molecule has 2 aromatic rings. The van der Waals surface area contributed by atoms with E-state index in [9.17, 15) is 9.59 Å². The van der Waals surface area contributed by atoms with Crippen molar-refractivity contribution in [3.63, 3.8) is 0 Å². The first-order valence-electron chi connectivity index (χ1n) is 6.68. The molecule has 0 bridgehead atoms. The maximum absolute atomic E-state index is 12.2. The van der Waals surface area contributed by atoms with Crippen LogP contribution in [0.2, 0.25) is 5.02 Å². The number of ketones is 1. The molecule has 114 valence electrons. The largest absolute Gasteiger partial charge is 0.496 e. The van der Waals surface area contributed by atoms with Crippen LogP contribution in [0.3, 0.4) is 0 Å². The smallest absolute Gasteiger partial charge is 0.225 e. The van der Waals surface area contributed by atoms with Gasteiger partial charge in [-0.1, -0.05) is 17.7 Å². The molecule has 1 aromatic carbocycles. The molecule has 0 fully saturated rings. The van der Waals surface area contributed by atoms with Gasteiger partial charge in [0.15, 0.2) is 5.78 Å². The van der Waals surface area contributed by atoms with E-state index >= 15 is 0 Å². The lowest BCUT2D eigenvalue weighted by Gasteiger charge is -2.08. The van der Waals surface area contributed by atoms with Crippen molar-refractivity contribution in [3.05, 3.63) is 53.2 Å². The van der Waals surface area contributed by atoms with Gasteiger partial charge in [-0.3, -0.25) is 9.59 Å². The fraction of sp³-hybridized carbons (Fsp3) is 0.188. The molecule has 1 N–H and O–H groups in total. The normalized spacial score (nSPS) is 10.1. The third kappa shape index (κ3) is 4.30. The molecule has 0 aliphatic carbocycles. The number of aromatic nitrogens is 1. The molecule has 0 aliphatic heterocycles. The van der Waals surface area contributed by atoms with E-state index in [0.717, 1.165) is 0 Å². The maximum atomic E-state index is 12.2. The van der Waals surface area contributed by atoms with Gasteiger partial charge < -0.3 is 10.1 Å². The molecule has 0 aliphatic rings. The number of carbonyl (C=O) groups is 2. The number of pyridine rings is 1. The Hall–Kier alpha value is -2.40. The molecular weight excluding hydrogens is 304 g/mol. The van der Waals surface area contributed by atoms with Gasteiger partial charge in [-0.05, 0) is 30.3 Å². The van der Waals surface area contributed by atoms with Crippen LogP contribution >= 0.6 is 11.6 Å². The molecule has 0 atom stereocenters. The van der Waals surface area contributed by atoms with Gasteiger partial charge in [0.05, 0.1) is 12.7 Å². The van der Waals surface area contributed by atoms with Crippen LogP contribution in [-0.4, -0.2) is 23.8 Å². The Morgan fingerprint density at radius 3 is 2.73 bits per heavy atom. The first-order valence-corrected chi connectivity index (χ1v) is 7.05. The van der Waals surface area contributed by atoms with E-state index in [1.165, 1.54) is 7.11 Å². The van der Waals surface area contributed by atoms with Gasteiger partial charge in [-0.2, -0.15) is 0 Å². The van der Waals surface area contributed by atoms with Crippen molar-refractivity contribution >= 4 is 29.1 Å². The lowest BCUT2D eigenvalue weighted by Crippen LogP contribution is -2.14. The van der Waals surface area contributed by atoms with Crippen molar-refractivity contribution in [1.29, 1.82) is 0 Å². The predicted octanol–water partition coefficient (Wildman–Crippen LogP) is 3.35. The summed E-state index contributed by atoms with van der Waals surface area (Å²) < 4.78 is 5.13. The highest BCUT2D eigenvalue weighted by molar-refractivity contribution is 6.31. The molecule has 1 aromatic heterocycles. The number of hydrogen-bond donors (Lipinski definition) is 1. The number of hydrogen-bond acceptors (Lipinski definition) is 4. The number of amides is 1. The van der Waals surface area contributed by atoms with Crippen LogP contribution in [0.5, 0.6) is 5.75 Å². The first kappa shape index (κ1) is 16.0.